The van der Waals surface area contributed by atoms with Crippen LogP contribution < -0.4 is 19.1 Å². The molecule has 0 unspecified atom stereocenters. The number of ether oxygens (including phenoxy) is 4. The third kappa shape index (κ3) is 6.30. The number of hydrogen-bond acceptors (Lipinski definition) is 8. The highest BCUT2D eigenvalue weighted by Crippen LogP contribution is 2.38. The van der Waals surface area contributed by atoms with E-state index >= 15 is 0 Å². The Balaban J connectivity index is 1.92. The van der Waals surface area contributed by atoms with Gasteiger partial charge in [-0.25, -0.2) is 9.78 Å². The molecule has 0 aliphatic heterocycles. The lowest BCUT2D eigenvalue weighted by atomic mass is 10.1. The van der Waals surface area contributed by atoms with Crippen LogP contribution in [0.5, 0.6) is 17.2 Å². The molecule has 0 bridgehead atoms. The van der Waals surface area contributed by atoms with E-state index in [1.807, 2.05) is 30.3 Å². The van der Waals surface area contributed by atoms with Crippen LogP contribution in [0.1, 0.15) is 33.4 Å². The number of aryl methyl sites for hydroxylation is 1. The van der Waals surface area contributed by atoms with Gasteiger partial charge in [-0.3, -0.25) is 9.69 Å². The summed E-state index contributed by atoms with van der Waals surface area (Å²) >= 11 is 1.30. The summed E-state index contributed by atoms with van der Waals surface area (Å²) in [6.07, 6.45) is 0.716. The number of aromatic nitrogens is 1. The Bertz CT molecular complexity index is 1140. The van der Waals surface area contributed by atoms with Crippen molar-refractivity contribution in [3.8, 4) is 17.2 Å². The van der Waals surface area contributed by atoms with Crippen LogP contribution in [0.2, 0.25) is 0 Å². The maximum absolute atomic E-state index is 13.6. The summed E-state index contributed by atoms with van der Waals surface area (Å²) in [4.78, 5) is 32.7. The lowest BCUT2D eigenvalue weighted by Crippen LogP contribution is -2.34. The zero-order valence-electron chi connectivity index (χ0n) is 20.6. The number of benzene rings is 2. The quantitative estimate of drug-likeness (QED) is 0.361. The Labute approximate surface area is 209 Å². The Morgan fingerprint density at radius 3 is 2.20 bits per heavy atom. The minimum Gasteiger partial charge on any atom is -0.493 e. The fourth-order valence-corrected chi connectivity index (χ4v) is 4.55. The van der Waals surface area contributed by atoms with Crippen molar-refractivity contribution in [1.29, 1.82) is 0 Å². The van der Waals surface area contributed by atoms with E-state index in [9.17, 15) is 9.59 Å². The maximum atomic E-state index is 13.6. The van der Waals surface area contributed by atoms with E-state index < -0.39 is 5.97 Å². The van der Waals surface area contributed by atoms with Crippen LogP contribution in [0, 0.1) is 6.92 Å². The molecule has 9 heteroatoms. The molecule has 1 heterocycles. The second-order valence-corrected chi connectivity index (χ2v) is 8.79. The number of carbonyl (C=O) groups is 2. The molecule has 0 saturated heterocycles. The van der Waals surface area contributed by atoms with Gasteiger partial charge in [-0.15, -0.1) is 11.3 Å². The molecule has 3 rings (SSSR count). The molecule has 0 aliphatic rings. The molecule has 0 fully saturated rings. The van der Waals surface area contributed by atoms with E-state index in [4.69, 9.17) is 18.9 Å². The van der Waals surface area contributed by atoms with Gasteiger partial charge in [0.25, 0.3) is 0 Å². The van der Waals surface area contributed by atoms with Gasteiger partial charge < -0.3 is 18.9 Å². The third-order valence-corrected chi connectivity index (χ3v) is 6.33. The van der Waals surface area contributed by atoms with Gasteiger partial charge in [0.15, 0.2) is 22.3 Å². The number of hydrogen-bond donors (Lipinski definition) is 0. The minimum absolute atomic E-state index is 0.0822. The Morgan fingerprint density at radius 2 is 1.63 bits per heavy atom. The second kappa shape index (κ2) is 12.2. The monoisotopic (exact) mass is 498 g/mol. The van der Waals surface area contributed by atoms with Crippen LogP contribution in [0.4, 0.5) is 5.13 Å². The van der Waals surface area contributed by atoms with E-state index in [0.717, 1.165) is 5.56 Å². The topological polar surface area (TPSA) is 87.2 Å². The molecule has 186 valence electrons. The predicted molar refractivity (Wildman–Crippen MR) is 135 cm³/mol. The van der Waals surface area contributed by atoms with Crippen LogP contribution in [0.25, 0.3) is 0 Å². The molecule has 0 radical (unpaired) electrons. The molecule has 8 nitrogen and oxygen atoms in total. The summed E-state index contributed by atoms with van der Waals surface area (Å²) in [5.74, 6) is 0.744. The van der Waals surface area contributed by atoms with Gasteiger partial charge in [0.2, 0.25) is 11.7 Å². The van der Waals surface area contributed by atoms with Crippen LogP contribution in [0.3, 0.4) is 0 Å². The molecule has 0 N–H and O–H groups in total. The zero-order chi connectivity index (χ0) is 25.4. The van der Waals surface area contributed by atoms with Gasteiger partial charge in [0, 0.05) is 11.4 Å². The first-order valence-electron chi connectivity index (χ1n) is 11.2. The first kappa shape index (κ1) is 26.0. The smallest absolute Gasteiger partial charge is 0.358 e. The van der Waals surface area contributed by atoms with Crippen molar-refractivity contribution in [1.82, 2.24) is 4.98 Å². The van der Waals surface area contributed by atoms with E-state index in [1.165, 1.54) is 32.7 Å². The average molecular weight is 499 g/mol. The fraction of sp³-hybridized carbons (Fsp3) is 0.346. The van der Waals surface area contributed by atoms with Crippen molar-refractivity contribution in [2.24, 2.45) is 0 Å². The van der Waals surface area contributed by atoms with E-state index in [2.05, 4.69) is 4.98 Å². The highest BCUT2D eigenvalue weighted by Gasteiger charge is 2.25. The number of carbonyl (C=O) groups excluding carboxylic acids is 2. The van der Waals surface area contributed by atoms with Gasteiger partial charge in [0.1, 0.15) is 0 Å². The molecule has 0 atom stereocenters. The second-order valence-electron chi connectivity index (χ2n) is 7.61. The Hall–Kier alpha value is -3.59. The van der Waals surface area contributed by atoms with Crippen LogP contribution in [-0.2, 0) is 22.4 Å². The lowest BCUT2D eigenvalue weighted by Gasteiger charge is -2.21. The minimum atomic E-state index is -0.493. The molecule has 35 heavy (non-hydrogen) atoms. The highest BCUT2D eigenvalue weighted by atomic mass is 32.1. The predicted octanol–water partition coefficient (Wildman–Crippen LogP) is 4.47. The summed E-state index contributed by atoms with van der Waals surface area (Å²) in [7, 11) is 4.59. The lowest BCUT2D eigenvalue weighted by molar-refractivity contribution is -0.118. The van der Waals surface area contributed by atoms with E-state index in [-0.39, 0.29) is 24.6 Å². The number of methoxy groups -OCH3 is 3. The molecule has 0 saturated carbocycles. The van der Waals surface area contributed by atoms with Crippen molar-refractivity contribution in [2.45, 2.75) is 26.7 Å². The van der Waals surface area contributed by atoms with Gasteiger partial charge in [-0.1, -0.05) is 30.3 Å². The largest absolute Gasteiger partial charge is 0.493 e. The number of anilines is 1. The Kier molecular flexibility index (Phi) is 9.08. The highest BCUT2D eigenvalue weighted by molar-refractivity contribution is 7.16. The van der Waals surface area contributed by atoms with E-state index in [0.29, 0.717) is 45.8 Å². The van der Waals surface area contributed by atoms with Gasteiger partial charge in [-0.05, 0) is 43.5 Å². The molecule has 0 spiro atoms. The zero-order valence-corrected chi connectivity index (χ0v) is 21.4. The standard InChI is InChI=1S/C26H30N2O6S/c1-6-34-25(30)23-17(2)35-26(27-23)28(13-12-18-10-8-7-9-11-18)22(29)16-19-14-20(31-3)24(33-5)21(15-19)32-4/h7-11,14-15H,6,12-13,16H2,1-5H3. The first-order valence-corrected chi connectivity index (χ1v) is 12.0. The summed E-state index contributed by atoms with van der Waals surface area (Å²) in [5.41, 5.74) is 2.03. The molecular formula is C26H30N2O6S. The molecule has 3 aromatic rings. The fourth-order valence-electron chi connectivity index (χ4n) is 3.61. The van der Waals surface area contributed by atoms with Gasteiger partial charge in [-0.2, -0.15) is 0 Å². The molecule has 2 aromatic carbocycles. The number of rotatable bonds is 11. The van der Waals surface area contributed by atoms with Crippen molar-refractivity contribution >= 4 is 28.3 Å². The van der Waals surface area contributed by atoms with Gasteiger partial charge in [0.05, 0.1) is 34.4 Å². The van der Waals surface area contributed by atoms with Crippen molar-refractivity contribution in [2.75, 3.05) is 39.4 Å². The first-order chi connectivity index (χ1) is 16.9. The Morgan fingerprint density at radius 1 is 0.971 bits per heavy atom. The number of esters is 1. The van der Waals surface area contributed by atoms with Gasteiger partial charge >= 0.3 is 5.97 Å². The normalized spacial score (nSPS) is 10.5. The number of amides is 1. The van der Waals surface area contributed by atoms with Crippen LogP contribution in [0.15, 0.2) is 42.5 Å². The van der Waals surface area contributed by atoms with Crippen molar-refractivity contribution in [3.63, 3.8) is 0 Å². The van der Waals surface area contributed by atoms with E-state index in [1.54, 1.807) is 30.9 Å². The number of thiazole rings is 1. The molecular weight excluding hydrogens is 468 g/mol. The van der Waals surface area contributed by atoms with Crippen LogP contribution >= 0.6 is 11.3 Å². The molecule has 1 aromatic heterocycles. The summed E-state index contributed by atoms with van der Waals surface area (Å²) in [6, 6.07) is 13.4. The average Bonchev–Trinajstić information content (AvgIpc) is 3.25. The molecule has 1 amide bonds. The summed E-state index contributed by atoms with van der Waals surface area (Å²) in [5, 5.41) is 0.457. The summed E-state index contributed by atoms with van der Waals surface area (Å²) in [6.45, 7) is 4.20. The van der Waals surface area contributed by atoms with Crippen molar-refractivity contribution < 1.29 is 28.5 Å². The maximum Gasteiger partial charge on any atom is 0.358 e. The number of nitrogens with zero attached hydrogens (tertiary/aromatic N) is 2. The summed E-state index contributed by atoms with van der Waals surface area (Å²) < 4.78 is 21.4. The third-order valence-electron chi connectivity index (χ3n) is 5.33. The molecule has 0 aliphatic carbocycles. The van der Waals surface area contributed by atoms with Crippen molar-refractivity contribution in [3.05, 3.63) is 64.2 Å². The SMILES string of the molecule is CCOC(=O)c1nc(N(CCc2ccccc2)C(=O)Cc2cc(OC)c(OC)c(OC)c2)sc1C. The van der Waals surface area contributed by atoms with Crippen LogP contribution in [-0.4, -0.2) is 51.3 Å².